The minimum atomic E-state index is -1.03. The summed E-state index contributed by atoms with van der Waals surface area (Å²) >= 11 is 0. The summed E-state index contributed by atoms with van der Waals surface area (Å²) in [7, 11) is 1.46. The average molecular weight is 338 g/mol. The van der Waals surface area contributed by atoms with Gasteiger partial charge in [0, 0.05) is 35.8 Å². The number of aromatic nitrogens is 1. The molecule has 0 saturated carbocycles. The van der Waals surface area contributed by atoms with Crippen LogP contribution >= 0.6 is 0 Å². The lowest BCUT2D eigenvalue weighted by atomic mass is 9.62. The Labute approximate surface area is 146 Å². The molecule has 0 aliphatic carbocycles. The Balaban J connectivity index is 1.73. The van der Waals surface area contributed by atoms with Gasteiger partial charge in [-0.25, -0.2) is 0 Å². The highest BCUT2D eigenvalue weighted by Crippen LogP contribution is 2.56. The van der Waals surface area contributed by atoms with Crippen LogP contribution in [0.2, 0.25) is 0 Å². The van der Waals surface area contributed by atoms with E-state index in [0.29, 0.717) is 13.0 Å². The van der Waals surface area contributed by atoms with E-state index in [1.807, 2.05) is 25.1 Å². The number of methoxy groups -OCH3 is 1. The molecule has 0 spiro atoms. The molecular weight excluding hydrogens is 316 g/mol. The molecule has 5 atom stereocenters. The van der Waals surface area contributed by atoms with Crippen molar-refractivity contribution in [2.24, 2.45) is 11.8 Å². The molecule has 6 rings (SSSR count). The number of carbonyl (C=O) groups excluding carboxylic acids is 1. The van der Waals surface area contributed by atoms with E-state index in [1.54, 1.807) is 0 Å². The summed E-state index contributed by atoms with van der Waals surface area (Å²) in [5, 5.41) is 12.8. The maximum Gasteiger partial charge on any atom is 0.310 e. The number of fused-ring (bicyclic) bond motifs is 4. The first-order chi connectivity index (χ1) is 12.1. The second-order valence-electron chi connectivity index (χ2n) is 7.46. The Bertz CT molecular complexity index is 915. The first-order valence-corrected chi connectivity index (χ1v) is 8.90. The number of piperidine rings is 3. The highest BCUT2D eigenvalue weighted by molar-refractivity contribution is 5.86. The number of nitrogens with one attached hydrogen (secondary N) is 1. The van der Waals surface area contributed by atoms with Crippen LogP contribution in [0, 0.1) is 11.8 Å². The van der Waals surface area contributed by atoms with Crippen LogP contribution in [0.15, 0.2) is 35.9 Å². The minimum Gasteiger partial charge on any atom is -0.469 e. The van der Waals surface area contributed by atoms with Gasteiger partial charge in [0.05, 0.1) is 18.7 Å². The van der Waals surface area contributed by atoms with E-state index < -0.39 is 5.72 Å². The summed E-state index contributed by atoms with van der Waals surface area (Å²) in [5.41, 5.74) is 3.31. The zero-order valence-corrected chi connectivity index (χ0v) is 14.5. The first kappa shape index (κ1) is 15.2. The third-order valence-electron chi connectivity index (χ3n) is 6.53. The fourth-order valence-corrected chi connectivity index (χ4v) is 5.42. The third-order valence-corrected chi connectivity index (χ3v) is 6.53. The molecule has 4 bridgehead atoms. The van der Waals surface area contributed by atoms with Crippen molar-refractivity contribution in [2.75, 3.05) is 13.7 Å². The van der Waals surface area contributed by atoms with Crippen molar-refractivity contribution in [3.05, 3.63) is 47.2 Å². The van der Waals surface area contributed by atoms with Crippen molar-refractivity contribution < 1.29 is 14.6 Å². The van der Waals surface area contributed by atoms with Gasteiger partial charge in [-0.05, 0) is 25.0 Å². The summed E-state index contributed by atoms with van der Waals surface area (Å²) in [4.78, 5) is 18.1. The zero-order chi connectivity index (χ0) is 17.3. The molecule has 0 amide bonds. The molecule has 3 fully saturated rings. The van der Waals surface area contributed by atoms with Crippen LogP contribution < -0.4 is 0 Å². The molecule has 2 N–H and O–H groups in total. The van der Waals surface area contributed by atoms with Gasteiger partial charge < -0.3 is 14.8 Å². The van der Waals surface area contributed by atoms with E-state index >= 15 is 0 Å². The molecule has 0 radical (unpaired) electrons. The van der Waals surface area contributed by atoms with Gasteiger partial charge >= 0.3 is 5.97 Å². The normalized spacial score (nSPS) is 37.3. The van der Waals surface area contributed by atoms with Gasteiger partial charge in [0.15, 0.2) is 5.72 Å². The number of para-hydroxylation sites is 1. The van der Waals surface area contributed by atoms with Gasteiger partial charge in [-0.1, -0.05) is 29.8 Å². The predicted molar refractivity (Wildman–Crippen MR) is 93.8 cm³/mol. The summed E-state index contributed by atoms with van der Waals surface area (Å²) in [6.07, 6.45) is 3.38. The molecule has 4 aliphatic rings. The molecule has 1 aromatic carbocycles. The molecular formula is C20H22N2O3. The van der Waals surface area contributed by atoms with E-state index in [0.717, 1.165) is 28.6 Å². The highest BCUT2D eigenvalue weighted by atomic mass is 16.5. The first-order valence-electron chi connectivity index (χ1n) is 8.90. The lowest BCUT2D eigenvalue weighted by molar-refractivity contribution is -0.221. The van der Waals surface area contributed by atoms with Crippen LogP contribution in [-0.4, -0.2) is 40.7 Å². The molecule has 2 aromatic rings. The van der Waals surface area contributed by atoms with Crippen molar-refractivity contribution in [1.29, 1.82) is 0 Å². The molecule has 1 aromatic heterocycles. The maximum absolute atomic E-state index is 12.6. The molecule has 4 aliphatic heterocycles. The number of rotatable bonds is 1. The van der Waals surface area contributed by atoms with Gasteiger partial charge in [-0.15, -0.1) is 0 Å². The molecule has 25 heavy (non-hydrogen) atoms. The molecule has 5 unspecified atom stereocenters. The number of nitrogens with zero attached hydrogens (tertiary/aromatic N) is 1. The van der Waals surface area contributed by atoms with Crippen LogP contribution in [0.5, 0.6) is 0 Å². The number of hydrogen-bond donors (Lipinski definition) is 2. The van der Waals surface area contributed by atoms with Crippen molar-refractivity contribution in [1.82, 2.24) is 9.88 Å². The van der Waals surface area contributed by atoms with Crippen LogP contribution in [0.25, 0.3) is 10.9 Å². The Hall–Kier alpha value is -2.11. The van der Waals surface area contributed by atoms with Gasteiger partial charge in [-0.3, -0.25) is 9.69 Å². The zero-order valence-electron chi connectivity index (χ0n) is 14.5. The topological polar surface area (TPSA) is 65.6 Å². The fraction of sp³-hybridized carbons (Fsp3) is 0.450. The Kier molecular flexibility index (Phi) is 3.01. The van der Waals surface area contributed by atoms with Gasteiger partial charge in [0.1, 0.15) is 0 Å². The SMILES string of the molecule is CC=C1CN2C3Cc4c([nH]c5ccccc45)C2(O)CC1C3C(=O)OC. The van der Waals surface area contributed by atoms with Crippen LogP contribution in [0.4, 0.5) is 0 Å². The smallest absolute Gasteiger partial charge is 0.310 e. The largest absolute Gasteiger partial charge is 0.469 e. The number of carbonyl (C=O) groups is 1. The molecule has 130 valence electrons. The van der Waals surface area contributed by atoms with Crippen molar-refractivity contribution >= 4 is 16.9 Å². The number of aliphatic hydroxyl groups is 1. The number of ether oxygens (including phenoxy) is 1. The molecule has 5 heterocycles. The minimum absolute atomic E-state index is 0.0217. The number of esters is 1. The maximum atomic E-state index is 12.6. The quantitative estimate of drug-likeness (QED) is 0.619. The van der Waals surface area contributed by atoms with E-state index in [1.165, 1.54) is 12.7 Å². The predicted octanol–water partition coefficient (Wildman–Crippen LogP) is 2.31. The van der Waals surface area contributed by atoms with Gasteiger partial charge in [0.2, 0.25) is 0 Å². The average Bonchev–Trinajstić information content (AvgIpc) is 3.00. The summed E-state index contributed by atoms with van der Waals surface area (Å²) in [5.74, 6) is -0.339. The van der Waals surface area contributed by atoms with Gasteiger partial charge in [0.25, 0.3) is 0 Å². The van der Waals surface area contributed by atoms with Crippen LogP contribution in [0.3, 0.4) is 0 Å². The number of hydrogen-bond acceptors (Lipinski definition) is 4. The Morgan fingerprint density at radius 1 is 1.44 bits per heavy atom. The second kappa shape index (κ2) is 4.96. The summed E-state index contributed by atoms with van der Waals surface area (Å²) in [6.45, 7) is 2.73. The van der Waals surface area contributed by atoms with Crippen molar-refractivity contribution in [2.45, 2.75) is 31.5 Å². The number of H-pyrrole nitrogens is 1. The van der Waals surface area contributed by atoms with Gasteiger partial charge in [-0.2, -0.15) is 0 Å². The van der Waals surface area contributed by atoms with E-state index in [4.69, 9.17) is 4.74 Å². The number of aromatic amines is 1. The Morgan fingerprint density at radius 3 is 3.00 bits per heavy atom. The van der Waals surface area contributed by atoms with Crippen molar-refractivity contribution in [3.8, 4) is 0 Å². The molecule has 5 heteroatoms. The van der Waals surface area contributed by atoms with Crippen molar-refractivity contribution in [3.63, 3.8) is 0 Å². The molecule has 5 nitrogen and oxygen atoms in total. The molecule has 3 saturated heterocycles. The summed E-state index contributed by atoms with van der Waals surface area (Å²) in [6, 6.07) is 8.14. The monoisotopic (exact) mass is 338 g/mol. The van der Waals surface area contributed by atoms with E-state index in [2.05, 4.69) is 22.0 Å². The van der Waals surface area contributed by atoms with E-state index in [-0.39, 0.29) is 23.8 Å². The van der Waals surface area contributed by atoms with E-state index in [9.17, 15) is 9.90 Å². The third kappa shape index (κ3) is 1.77. The number of allylic oxidation sites excluding steroid dienone is 1. The fourth-order valence-electron chi connectivity index (χ4n) is 5.42. The summed E-state index contributed by atoms with van der Waals surface area (Å²) < 4.78 is 5.13. The highest BCUT2D eigenvalue weighted by Gasteiger charge is 2.62. The lowest BCUT2D eigenvalue weighted by Crippen LogP contribution is -2.69. The van der Waals surface area contributed by atoms with Crippen LogP contribution in [0.1, 0.15) is 24.6 Å². The Morgan fingerprint density at radius 2 is 2.24 bits per heavy atom. The number of benzene rings is 1. The lowest BCUT2D eigenvalue weighted by Gasteiger charge is -2.61. The standard InChI is InChI=1S/C20H22N2O3/c1-3-11-10-22-16-8-13-12-6-4-5-7-15(12)21-18(13)20(22,24)9-14(11)17(16)19(23)25-2/h3-7,14,16-17,21,24H,8-10H2,1-2H3. The second-order valence-corrected chi connectivity index (χ2v) is 7.46. The van der Waals surface area contributed by atoms with Crippen LogP contribution in [-0.2, 0) is 21.7 Å².